The fourth-order valence-electron chi connectivity index (χ4n) is 4.65. The van der Waals surface area contributed by atoms with Gasteiger partial charge in [-0.2, -0.15) is 5.10 Å². The van der Waals surface area contributed by atoms with Gasteiger partial charge in [-0.3, -0.25) is 4.79 Å². The molecular formula is C32H29N3O5. The molecule has 0 bridgehead atoms. The third-order valence-electron chi connectivity index (χ3n) is 6.55. The molecule has 4 aromatic rings. The van der Waals surface area contributed by atoms with Gasteiger partial charge in [0.1, 0.15) is 5.92 Å². The molecule has 1 unspecified atom stereocenters. The van der Waals surface area contributed by atoms with Crippen molar-refractivity contribution < 1.29 is 23.7 Å². The molecule has 0 saturated heterocycles. The maximum absolute atomic E-state index is 12.7. The van der Waals surface area contributed by atoms with Crippen LogP contribution < -0.4 is 19.5 Å². The van der Waals surface area contributed by atoms with Gasteiger partial charge in [-0.15, -0.1) is 5.10 Å². The van der Waals surface area contributed by atoms with Gasteiger partial charge in [-0.1, -0.05) is 72.8 Å². The Morgan fingerprint density at radius 2 is 1.55 bits per heavy atom. The summed E-state index contributed by atoms with van der Waals surface area (Å²) in [4.78, 5) is 12.7. The Hall–Kier alpha value is -5.11. The van der Waals surface area contributed by atoms with E-state index in [9.17, 15) is 4.79 Å². The maximum Gasteiger partial charge on any atom is 0.261 e. The monoisotopic (exact) mass is 535 g/mol. The summed E-state index contributed by atoms with van der Waals surface area (Å²) in [6.07, 6.45) is 3.49. The van der Waals surface area contributed by atoms with Crippen LogP contribution in [0.1, 0.15) is 22.6 Å². The number of benzene rings is 4. The predicted molar refractivity (Wildman–Crippen MR) is 156 cm³/mol. The smallest absolute Gasteiger partial charge is 0.261 e. The van der Waals surface area contributed by atoms with Crippen molar-refractivity contribution in [1.29, 1.82) is 0 Å². The summed E-state index contributed by atoms with van der Waals surface area (Å²) in [5.74, 6) is 1.06. The van der Waals surface area contributed by atoms with Crippen molar-refractivity contribution in [3.05, 3.63) is 108 Å². The number of carbonyl (C=O) groups excluding carboxylic acids is 1. The molecule has 8 heteroatoms. The van der Waals surface area contributed by atoms with Gasteiger partial charge in [0.2, 0.25) is 11.6 Å². The molecule has 5 rings (SSSR count). The molecule has 8 nitrogen and oxygen atoms in total. The Morgan fingerprint density at radius 1 is 0.850 bits per heavy atom. The normalized spacial score (nSPS) is 14.5. The van der Waals surface area contributed by atoms with Gasteiger partial charge in [-0.05, 0) is 40.1 Å². The summed E-state index contributed by atoms with van der Waals surface area (Å²) in [7, 11) is 4.67. The molecule has 1 amide bonds. The quantitative estimate of drug-likeness (QED) is 0.303. The average molecular weight is 536 g/mol. The largest absolute Gasteiger partial charge is 0.493 e. The van der Waals surface area contributed by atoms with Gasteiger partial charge in [0, 0.05) is 11.8 Å². The molecule has 0 radical (unpaired) electrons. The maximum atomic E-state index is 12.7. The first kappa shape index (κ1) is 26.5. The van der Waals surface area contributed by atoms with Crippen molar-refractivity contribution in [3.8, 4) is 17.2 Å². The van der Waals surface area contributed by atoms with Crippen LogP contribution in [-0.2, 0) is 9.53 Å². The first-order valence-corrected chi connectivity index (χ1v) is 12.7. The summed E-state index contributed by atoms with van der Waals surface area (Å²) in [6.45, 7) is -0.222. The lowest BCUT2D eigenvalue weighted by Gasteiger charge is -2.19. The van der Waals surface area contributed by atoms with Crippen molar-refractivity contribution in [2.24, 2.45) is 10.2 Å². The van der Waals surface area contributed by atoms with Crippen molar-refractivity contribution in [2.75, 3.05) is 27.9 Å². The van der Waals surface area contributed by atoms with E-state index < -0.39 is 5.92 Å². The van der Waals surface area contributed by atoms with Crippen LogP contribution in [0.25, 0.3) is 16.8 Å². The van der Waals surface area contributed by atoms with Crippen LogP contribution in [0.4, 0.5) is 0 Å². The first-order valence-electron chi connectivity index (χ1n) is 12.7. The molecule has 0 aliphatic carbocycles. The standard InChI is InChI=1S/C32H29N3O5/c1-37-26-18-24(19-27(38-2)31(26)39-3)30-29(23-11-5-4-6-12-23)32(35-34-30)40-20-28(36)33-17-16-22-14-9-13-21-10-7-8-15-25(21)22/h4-19,29H,20H2,1-3H3,(H,33,36)/b17-16+. The van der Waals surface area contributed by atoms with E-state index in [1.165, 1.54) is 0 Å². The predicted octanol–water partition coefficient (Wildman–Crippen LogP) is 5.57. The van der Waals surface area contributed by atoms with Crippen molar-refractivity contribution >= 4 is 34.4 Å². The molecule has 202 valence electrons. The van der Waals surface area contributed by atoms with E-state index in [1.807, 2.05) is 78.9 Å². The van der Waals surface area contributed by atoms with E-state index in [4.69, 9.17) is 18.9 Å². The molecule has 0 fully saturated rings. The Morgan fingerprint density at radius 3 is 2.27 bits per heavy atom. The van der Waals surface area contributed by atoms with Crippen LogP contribution >= 0.6 is 0 Å². The Kier molecular flexibility index (Phi) is 8.06. The molecule has 1 aliphatic heterocycles. The molecule has 1 heterocycles. The highest BCUT2D eigenvalue weighted by atomic mass is 16.5. The zero-order valence-electron chi connectivity index (χ0n) is 22.5. The lowest BCUT2D eigenvalue weighted by molar-refractivity contribution is -0.122. The lowest BCUT2D eigenvalue weighted by atomic mass is 9.90. The second-order valence-corrected chi connectivity index (χ2v) is 8.94. The van der Waals surface area contributed by atoms with Gasteiger partial charge in [0.25, 0.3) is 5.91 Å². The van der Waals surface area contributed by atoms with Gasteiger partial charge in [0.15, 0.2) is 18.1 Å². The van der Waals surface area contributed by atoms with Crippen LogP contribution in [0.15, 0.2) is 101 Å². The number of hydrogen-bond donors (Lipinski definition) is 1. The fraction of sp³-hybridized carbons (Fsp3) is 0.156. The zero-order chi connectivity index (χ0) is 27.9. The minimum Gasteiger partial charge on any atom is -0.493 e. The zero-order valence-corrected chi connectivity index (χ0v) is 22.5. The Balaban J connectivity index is 1.31. The molecule has 40 heavy (non-hydrogen) atoms. The van der Waals surface area contributed by atoms with E-state index in [0.29, 0.717) is 28.9 Å². The second-order valence-electron chi connectivity index (χ2n) is 8.94. The minimum atomic E-state index is -0.428. The van der Waals surface area contributed by atoms with E-state index in [2.05, 4.69) is 27.7 Å². The number of rotatable bonds is 9. The average Bonchev–Trinajstić information content (AvgIpc) is 3.43. The summed E-state index contributed by atoms with van der Waals surface area (Å²) in [5.41, 5.74) is 3.29. The summed E-state index contributed by atoms with van der Waals surface area (Å²) in [5, 5.41) is 13.8. The SMILES string of the molecule is COc1cc(C2=NN=C(OCC(=O)N/C=C/c3cccc4ccccc34)C2c2ccccc2)cc(OC)c1OC. The van der Waals surface area contributed by atoms with Crippen molar-refractivity contribution in [1.82, 2.24) is 5.32 Å². The molecule has 0 spiro atoms. The fourth-order valence-corrected chi connectivity index (χ4v) is 4.65. The number of nitrogens with one attached hydrogen (secondary N) is 1. The van der Waals surface area contributed by atoms with E-state index in [1.54, 1.807) is 27.5 Å². The molecule has 1 atom stereocenters. The van der Waals surface area contributed by atoms with Crippen LogP contribution in [0.3, 0.4) is 0 Å². The molecular weight excluding hydrogens is 506 g/mol. The summed E-state index contributed by atoms with van der Waals surface area (Å²) >= 11 is 0. The van der Waals surface area contributed by atoms with Gasteiger partial charge in [0.05, 0.1) is 27.0 Å². The highest BCUT2D eigenvalue weighted by molar-refractivity contribution is 6.20. The number of methoxy groups -OCH3 is 3. The number of hydrogen-bond acceptors (Lipinski definition) is 7. The number of ether oxygens (including phenoxy) is 4. The number of amides is 1. The van der Waals surface area contributed by atoms with Crippen molar-refractivity contribution in [3.63, 3.8) is 0 Å². The Labute approximate surface area is 232 Å². The van der Waals surface area contributed by atoms with Gasteiger partial charge in [-0.25, -0.2) is 0 Å². The third-order valence-corrected chi connectivity index (χ3v) is 6.55. The molecule has 1 aliphatic rings. The van der Waals surface area contributed by atoms with E-state index in [0.717, 1.165) is 27.5 Å². The van der Waals surface area contributed by atoms with E-state index in [-0.39, 0.29) is 12.5 Å². The summed E-state index contributed by atoms with van der Waals surface area (Å²) in [6, 6.07) is 27.5. The van der Waals surface area contributed by atoms with Gasteiger partial charge < -0.3 is 24.3 Å². The Bertz CT molecular complexity index is 1580. The van der Waals surface area contributed by atoms with Crippen LogP contribution in [0, 0.1) is 0 Å². The van der Waals surface area contributed by atoms with Crippen molar-refractivity contribution in [2.45, 2.75) is 5.92 Å². The topological polar surface area (TPSA) is 90.7 Å². The molecule has 1 N–H and O–H groups in total. The highest BCUT2D eigenvalue weighted by Gasteiger charge is 2.33. The first-order chi connectivity index (χ1) is 19.6. The van der Waals surface area contributed by atoms with E-state index >= 15 is 0 Å². The lowest BCUT2D eigenvalue weighted by Crippen LogP contribution is -2.28. The van der Waals surface area contributed by atoms with Crippen LogP contribution in [-0.4, -0.2) is 45.5 Å². The third kappa shape index (κ3) is 5.51. The molecule has 0 aromatic heterocycles. The van der Waals surface area contributed by atoms with Crippen LogP contribution in [0.2, 0.25) is 0 Å². The highest BCUT2D eigenvalue weighted by Crippen LogP contribution is 2.40. The molecule has 0 saturated carbocycles. The minimum absolute atomic E-state index is 0.222. The number of carbonyl (C=O) groups is 1. The second kappa shape index (κ2) is 12.2. The number of nitrogens with zero attached hydrogens (tertiary/aromatic N) is 2. The van der Waals surface area contributed by atoms with Gasteiger partial charge >= 0.3 is 0 Å². The number of fused-ring (bicyclic) bond motifs is 1. The molecule has 4 aromatic carbocycles. The van der Waals surface area contributed by atoms with Crippen LogP contribution in [0.5, 0.6) is 17.2 Å². The summed E-state index contributed by atoms with van der Waals surface area (Å²) < 4.78 is 22.4.